The fourth-order valence-electron chi connectivity index (χ4n) is 2.66. The van der Waals surface area contributed by atoms with E-state index in [1.165, 1.54) is 43.7 Å². The van der Waals surface area contributed by atoms with Crippen molar-refractivity contribution in [2.24, 2.45) is 5.16 Å². The largest absolute Gasteiger partial charge is 0.493 e. The molecule has 0 atom stereocenters. The monoisotopic (exact) mass is 410 g/mol. The molecule has 1 heterocycles. The van der Waals surface area contributed by atoms with Crippen LogP contribution in [0, 0.1) is 10.1 Å². The zero-order chi connectivity index (χ0) is 20.8. The van der Waals surface area contributed by atoms with Gasteiger partial charge in [-0.25, -0.2) is 0 Å². The van der Waals surface area contributed by atoms with Crippen molar-refractivity contribution < 1.29 is 37.5 Å². The van der Waals surface area contributed by atoms with Crippen LogP contribution in [0.15, 0.2) is 35.5 Å². The summed E-state index contributed by atoms with van der Waals surface area (Å²) in [6.45, 7) is -2.82. The average molecular weight is 410 g/mol. The first-order valence-electron chi connectivity index (χ1n) is 8.27. The van der Waals surface area contributed by atoms with Gasteiger partial charge in [0.15, 0.2) is 18.3 Å². The second kappa shape index (κ2) is 9.15. The molecule has 0 saturated heterocycles. The smallest absolute Gasteiger partial charge is 0.387 e. The third-order valence-electron chi connectivity index (χ3n) is 3.88. The summed E-state index contributed by atoms with van der Waals surface area (Å²) < 4.78 is 44.6. The normalized spacial score (nSPS) is 13.1. The molecular formula is C18H16F2N2O7. The lowest BCUT2D eigenvalue weighted by molar-refractivity contribution is -0.385. The first-order valence-corrected chi connectivity index (χ1v) is 8.27. The third-order valence-corrected chi connectivity index (χ3v) is 3.88. The van der Waals surface area contributed by atoms with Crippen molar-refractivity contribution in [3.05, 3.63) is 57.1 Å². The van der Waals surface area contributed by atoms with Crippen LogP contribution in [0.2, 0.25) is 0 Å². The van der Waals surface area contributed by atoms with Crippen LogP contribution in [0.3, 0.4) is 0 Å². The van der Waals surface area contributed by atoms with Crippen LogP contribution >= 0.6 is 0 Å². The summed E-state index contributed by atoms with van der Waals surface area (Å²) >= 11 is 0. The van der Waals surface area contributed by atoms with Crippen LogP contribution in [0.25, 0.3) is 0 Å². The Morgan fingerprint density at radius 1 is 1.31 bits per heavy atom. The molecule has 1 aliphatic rings. The summed E-state index contributed by atoms with van der Waals surface area (Å²) in [5, 5.41) is 14.9. The van der Waals surface area contributed by atoms with Crippen LogP contribution in [-0.4, -0.2) is 31.7 Å². The molecular weight excluding hydrogens is 394 g/mol. The molecule has 0 fully saturated rings. The SMILES string of the molecule is COc1cc(/C=N/OCc2cc([N+](=O)[O-])cc3c2OCOC3)ccc1OC(F)F. The lowest BCUT2D eigenvalue weighted by atomic mass is 10.1. The van der Waals surface area contributed by atoms with Gasteiger partial charge in [-0.2, -0.15) is 8.78 Å². The van der Waals surface area contributed by atoms with Crippen molar-refractivity contribution in [3.8, 4) is 17.2 Å². The molecule has 3 rings (SSSR count). The van der Waals surface area contributed by atoms with Crippen molar-refractivity contribution in [2.75, 3.05) is 13.9 Å². The highest BCUT2D eigenvalue weighted by Crippen LogP contribution is 2.33. The molecule has 0 radical (unpaired) electrons. The number of non-ortho nitro benzene ring substituents is 1. The summed E-state index contributed by atoms with van der Waals surface area (Å²) in [4.78, 5) is 15.8. The zero-order valence-electron chi connectivity index (χ0n) is 15.2. The topological polar surface area (TPSA) is 102 Å². The van der Waals surface area contributed by atoms with E-state index in [4.69, 9.17) is 19.0 Å². The summed E-state index contributed by atoms with van der Waals surface area (Å²) in [6, 6.07) is 6.98. The lowest BCUT2D eigenvalue weighted by Crippen LogP contribution is -2.14. The Morgan fingerprint density at radius 3 is 2.86 bits per heavy atom. The Kier molecular flexibility index (Phi) is 6.39. The summed E-state index contributed by atoms with van der Waals surface area (Å²) in [7, 11) is 1.32. The molecule has 9 nitrogen and oxygen atoms in total. The molecule has 0 amide bonds. The number of hydrogen-bond acceptors (Lipinski definition) is 8. The summed E-state index contributed by atoms with van der Waals surface area (Å²) in [5.74, 6) is 0.464. The number of rotatable bonds is 8. The fraction of sp³-hybridized carbons (Fsp3) is 0.278. The van der Waals surface area contributed by atoms with Crippen molar-refractivity contribution >= 4 is 11.9 Å². The number of fused-ring (bicyclic) bond motifs is 1. The highest BCUT2D eigenvalue weighted by Gasteiger charge is 2.21. The number of ether oxygens (including phenoxy) is 4. The molecule has 2 aromatic rings. The van der Waals surface area contributed by atoms with Crippen LogP contribution in [0.1, 0.15) is 16.7 Å². The Bertz CT molecular complexity index is 921. The molecule has 1 aliphatic heterocycles. The molecule has 0 unspecified atom stereocenters. The van der Waals surface area contributed by atoms with Crippen molar-refractivity contribution in [1.29, 1.82) is 0 Å². The van der Waals surface area contributed by atoms with Crippen molar-refractivity contribution in [3.63, 3.8) is 0 Å². The second-order valence-electron chi connectivity index (χ2n) is 5.76. The Morgan fingerprint density at radius 2 is 2.14 bits per heavy atom. The molecule has 154 valence electrons. The van der Waals surface area contributed by atoms with E-state index in [0.717, 1.165) is 0 Å². The maximum Gasteiger partial charge on any atom is 0.387 e. The molecule has 0 bridgehead atoms. The number of nitro benzene ring substituents is 1. The van der Waals surface area contributed by atoms with Gasteiger partial charge in [0.1, 0.15) is 12.4 Å². The van der Waals surface area contributed by atoms with E-state index in [9.17, 15) is 18.9 Å². The minimum atomic E-state index is -2.97. The molecule has 0 N–H and O–H groups in total. The number of halogens is 2. The van der Waals surface area contributed by atoms with E-state index in [1.54, 1.807) is 0 Å². The lowest BCUT2D eigenvalue weighted by Gasteiger charge is -2.20. The predicted molar refractivity (Wildman–Crippen MR) is 95.4 cm³/mol. The number of oxime groups is 1. The fourth-order valence-corrected chi connectivity index (χ4v) is 2.66. The van der Waals surface area contributed by atoms with Crippen molar-refractivity contribution in [1.82, 2.24) is 0 Å². The molecule has 0 aliphatic carbocycles. The van der Waals surface area contributed by atoms with Gasteiger partial charge in [-0.1, -0.05) is 5.16 Å². The van der Waals surface area contributed by atoms with Crippen LogP contribution in [-0.2, 0) is 22.8 Å². The molecule has 0 spiro atoms. The maximum absolute atomic E-state index is 12.4. The Labute approximate surface area is 163 Å². The minimum absolute atomic E-state index is 0.0356. The highest BCUT2D eigenvalue weighted by atomic mass is 19.3. The molecule has 11 heteroatoms. The number of nitrogens with zero attached hydrogens (tertiary/aromatic N) is 2. The van der Waals surface area contributed by atoms with Crippen molar-refractivity contribution in [2.45, 2.75) is 19.8 Å². The van der Waals surface area contributed by atoms with Gasteiger partial charge in [0.25, 0.3) is 5.69 Å². The van der Waals surface area contributed by atoms with E-state index in [2.05, 4.69) is 9.89 Å². The van der Waals surface area contributed by atoms with E-state index in [1.807, 2.05) is 0 Å². The van der Waals surface area contributed by atoms with Crippen LogP contribution in [0.5, 0.6) is 17.2 Å². The van der Waals surface area contributed by atoms with Crippen LogP contribution < -0.4 is 14.2 Å². The van der Waals surface area contributed by atoms with Crippen LogP contribution in [0.4, 0.5) is 14.5 Å². The first kappa shape index (κ1) is 20.3. The minimum Gasteiger partial charge on any atom is -0.493 e. The quantitative estimate of drug-likeness (QED) is 0.372. The van der Waals surface area contributed by atoms with Gasteiger partial charge >= 0.3 is 6.61 Å². The zero-order valence-corrected chi connectivity index (χ0v) is 15.2. The summed E-state index contributed by atoms with van der Waals surface area (Å²) in [5.41, 5.74) is 1.40. The molecule has 0 saturated carbocycles. The van der Waals surface area contributed by atoms with Gasteiger partial charge < -0.3 is 23.8 Å². The number of nitro groups is 1. The number of benzene rings is 2. The van der Waals surface area contributed by atoms with Gasteiger partial charge in [-0.15, -0.1) is 0 Å². The van der Waals surface area contributed by atoms with Gasteiger partial charge in [-0.3, -0.25) is 10.1 Å². The molecule has 0 aromatic heterocycles. The standard InChI is InChI=1S/C18H16F2N2O7/c1-25-16-4-11(2-3-15(16)29-18(19)20)7-21-28-9-13-6-14(22(23)24)5-12-8-26-10-27-17(12)13/h2-7,18H,8-10H2,1H3/b21-7+. The summed E-state index contributed by atoms with van der Waals surface area (Å²) in [6.07, 6.45) is 1.34. The molecule has 2 aromatic carbocycles. The third kappa shape index (κ3) is 5.08. The van der Waals surface area contributed by atoms with Gasteiger partial charge in [0, 0.05) is 28.8 Å². The van der Waals surface area contributed by atoms with E-state index >= 15 is 0 Å². The van der Waals surface area contributed by atoms with E-state index in [0.29, 0.717) is 22.4 Å². The Hall–Kier alpha value is -3.47. The van der Waals surface area contributed by atoms with Gasteiger partial charge in [-0.05, 0) is 18.2 Å². The predicted octanol–water partition coefficient (Wildman–Crippen LogP) is 3.62. The highest BCUT2D eigenvalue weighted by molar-refractivity contribution is 5.80. The average Bonchev–Trinajstić information content (AvgIpc) is 2.71. The van der Waals surface area contributed by atoms with E-state index in [-0.39, 0.29) is 37.2 Å². The maximum atomic E-state index is 12.4. The Balaban J connectivity index is 1.70. The number of hydrogen-bond donors (Lipinski definition) is 0. The second-order valence-corrected chi connectivity index (χ2v) is 5.76. The van der Waals surface area contributed by atoms with Gasteiger partial charge in [0.05, 0.1) is 24.9 Å². The number of alkyl halides is 2. The first-order chi connectivity index (χ1) is 14.0. The molecule has 29 heavy (non-hydrogen) atoms. The van der Waals surface area contributed by atoms with E-state index < -0.39 is 11.5 Å². The van der Waals surface area contributed by atoms with Gasteiger partial charge in [0.2, 0.25) is 0 Å². The number of methoxy groups -OCH3 is 1.